The molecule has 0 saturated carbocycles. The third-order valence-corrected chi connectivity index (χ3v) is 3.61. The van der Waals surface area contributed by atoms with Gasteiger partial charge in [-0.3, -0.25) is 4.79 Å². The van der Waals surface area contributed by atoms with Gasteiger partial charge < -0.3 is 15.0 Å². The highest BCUT2D eigenvalue weighted by Gasteiger charge is 2.27. The number of pyridine rings is 1. The van der Waals surface area contributed by atoms with Gasteiger partial charge in [-0.15, -0.1) is 0 Å². The Hall–Kier alpha value is -2.14. The predicted octanol–water partition coefficient (Wildman–Crippen LogP) is 2.21. The molecule has 1 atom stereocenters. The summed E-state index contributed by atoms with van der Waals surface area (Å²) in [5, 5.41) is 5.44. The molecular weight excluding hydrogens is 278 g/mol. The molecule has 3 rings (SSSR count). The van der Waals surface area contributed by atoms with Crippen molar-refractivity contribution in [2.45, 2.75) is 19.9 Å². The maximum atomic E-state index is 11.7. The predicted molar refractivity (Wildman–Crippen MR) is 89.1 cm³/mol. The summed E-state index contributed by atoms with van der Waals surface area (Å²) in [5.41, 5.74) is 0. The van der Waals surface area contributed by atoms with Gasteiger partial charge in [0.2, 0.25) is 0 Å². The van der Waals surface area contributed by atoms with E-state index in [4.69, 9.17) is 4.74 Å². The fourth-order valence-corrected chi connectivity index (χ4v) is 2.60. The number of hydrogen-bond donors (Lipinski definition) is 1. The third-order valence-electron chi connectivity index (χ3n) is 3.61. The molecule has 0 bridgehead atoms. The first-order chi connectivity index (χ1) is 10.8. The Kier molecular flexibility index (Phi) is 5.72. The lowest BCUT2D eigenvalue weighted by atomic mass is 10.1. The zero-order valence-corrected chi connectivity index (χ0v) is 13.4. The van der Waals surface area contributed by atoms with Crippen LogP contribution >= 0.6 is 0 Å². The number of benzene rings is 1. The number of aromatic nitrogens is 1. The number of anilines is 1. The van der Waals surface area contributed by atoms with Crippen LogP contribution in [-0.2, 0) is 9.53 Å². The van der Waals surface area contributed by atoms with E-state index < -0.39 is 0 Å². The van der Waals surface area contributed by atoms with Gasteiger partial charge in [0.25, 0.3) is 0 Å². The van der Waals surface area contributed by atoms with E-state index in [9.17, 15) is 4.79 Å². The number of nitrogens with zero attached hydrogens (tertiary/aromatic N) is 2. The van der Waals surface area contributed by atoms with Crippen LogP contribution in [0.1, 0.15) is 13.8 Å². The molecule has 1 unspecified atom stereocenters. The minimum atomic E-state index is -0.297. The van der Waals surface area contributed by atoms with E-state index in [2.05, 4.69) is 27.3 Å². The number of methoxy groups -OCH3 is 1. The van der Waals surface area contributed by atoms with Gasteiger partial charge in [0.15, 0.2) is 0 Å². The molecule has 5 heteroatoms. The summed E-state index contributed by atoms with van der Waals surface area (Å²) in [6.07, 6.45) is 1.81. The van der Waals surface area contributed by atoms with Gasteiger partial charge in [-0.2, -0.15) is 0 Å². The number of nitrogens with one attached hydrogen (secondary N) is 1. The summed E-state index contributed by atoms with van der Waals surface area (Å²) in [6, 6.07) is 9.86. The van der Waals surface area contributed by atoms with Gasteiger partial charge >= 0.3 is 5.97 Å². The Balaban J connectivity index is 0.000000847. The van der Waals surface area contributed by atoms with Gasteiger partial charge in [-0.25, -0.2) is 4.98 Å². The van der Waals surface area contributed by atoms with Crippen molar-refractivity contribution in [2.75, 3.05) is 31.6 Å². The second-order valence-electron chi connectivity index (χ2n) is 4.83. The maximum Gasteiger partial charge on any atom is 0.324 e. The lowest BCUT2D eigenvalue weighted by molar-refractivity contribution is -0.143. The standard InChI is InChI=1S/C15H17N3O2.C2H6/c1-20-15(19)13-10-18(9-8-16-13)14-12-5-3-2-4-11(12)6-7-17-14;1-2/h2-7,13,16H,8-10H2,1H3;1-2H3. The number of ether oxygens (including phenoxy) is 1. The Morgan fingerprint density at radius 1 is 1.32 bits per heavy atom. The Morgan fingerprint density at radius 2 is 2.09 bits per heavy atom. The minimum absolute atomic E-state index is 0.227. The molecule has 1 aliphatic rings. The van der Waals surface area contributed by atoms with Gasteiger partial charge in [-0.05, 0) is 11.5 Å². The Bertz CT molecular complexity index is 625. The normalized spacial score (nSPS) is 17.6. The van der Waals surface area contributed by atoms with E-state index in [0.29, 0.717) is 6.54 Å². The van der Waals surface area contributed by atoms with Crippen LogP contribution < -0.4 is 10.2 Å². The average molecular weight is 301 g/mol. The molecule has 22 heavy (non-hydrogen) atoms. The summed E-state index contributed by atoms with van der Waals surface area (Å²) in [5.74, 6) is 0.702. The number of carbonyl (C=O) groups is 1. The van der Waals surface area contributed by atoms with Crippen LogP contribution in [0.4, 0.5) is 5.82 Å². The van der Waals surface area contributed by atoms with Crippen LogP contribution in [0.3, 0.4) is 0 Å². The highest BCUT2D eigenvalue weighted by molar-refractivity contribution is 5.92. The van der Waals surface area contributed by atoms with Gasteiger partial charge in [0.1, 0.15) is 11.9 Å². The van der Waals surface area contributed by atoms with Crippen molar-refractivity contribution >= 4 is 22.6 Å². The molecule has 1 saturated heterocycles. The first-order valence-electron chi connectivity index (χ1n) is 7.69. The van der Waals surface area contributed by atoms with Crippen LogP contribution in [0, 0.1) is 0 Å². The third kappa shape index (κ3) is 3.36. The highest BCUT2D eigenvalue weighted by atomic mass is 16.5. The van der Waals surface area contributed by atoms with Crippen LogP contribution in [-0.4, -0.2) is 43.7 Å². The van der Waals surface area contributed by atoms with Gasteiger partial charge in [0, 0.05) is 31.2 Å². The van der Waals surface area contributed by atoms with Crippen molar-refractivity contribution in [3.05, 3.63) is 36.5 Å². The lowest BCUT2D eigenvalue weighted by Crippen LogP contribution is -2.54. The van der Waals surface area contributed by atoms with Crippen molar-refractivity contribution in [2.24, 2.45) is 0 Å². The minimum Gasteiger partial charge on any atom is -0.468 e. The molecule has 2 heterocycles. The first kappa shape index (κ1) is 16.2. The lowest BCUT2D eigenvalue weighted by Gasteiger charge is -2.33. The largest absolute Gasteiger partial charge is 0.468 e. The number of rotatable bonds is 2. The molecule has 1 aliphatic heterocycles. The summed E-state index contributed by atoms with van der Waals surface area (Å²) < 4.78 is 4.81. The monoisotopic (exact) mass is 301 g/mol. The summed E-state index contributed by atoms with van der Waals surface area (Å²) in [4.78, 5) is 18.3. The molecular formula is C17H23N3O2. The summed E-state index contributed by atoms with van der Waals surface area (Å²) >= 11 is 0. The van der Waals surface area contributed by atoms with Gasteiger partial charge in [-0.1, -0.05) is 38.1 Å². The molecule has 1 aromatic carbocycles. The van der Waals surface area contributed by atoms with Crippen LogP contribution in [0.25, 0.3) is 10.8 Å². The molecule has 1 aromatic heterocycles. The zero-order valence-electron chi connectivity index (χ0n) is 13.4. The van der Waals surface area contributed by atoms with Crippen LogP contribution in [0.15, 0.2) is 36.5 Å². The Morgan fingerprint density at radius 3 is 2.86 bits per heavy atom. The fourth-order valence-electron chi connectivity index (χ4n) is 2.60. The molecule has 1 N–H and O–H groups in total. The van der Waals surface area contributed by atoms with E-state index >= 15 is 0 Å². The molecule has 0 amide bonds. The number of carbonyl (C=O) groups excluding carboxylic acids is 1. The fraction of sp³-hybridized carbons (Fsp3) is 0.412. The van der Waals surface area contributed by atoms with Crippen molar-refractivity contribution in [1.82, 2.24) is 10.3 Å². The maximum absolute atomic E-state index is 11.7. The number of esters is 1. The number of hydrogen-bond acceptors (Lipinski definition) is 5. The second kappa shape index (κ2) is 7.75. The molecule has 1 fully saturated rings. The molecule has 0 spiro atoms. The van der Waals surface area contributed by atoms with Crippen LogP contribution in [0.2, 0.25) is 0 Å². The summed E-state index contributed by atoms with van der Waals surface area (Å²) in [6.45, 7) is 6.15. The zero-order chi connectivity index (χ0) is 15.9. The second-order valence-corrected chi connectivity index (χ2v) is 4.83. The van der Waals surface area contributed by atoms with Gasteiger partial charge in [0.05, 0.1) is 7.11 Å². The Labute approximate surface area is 131 Å². The first-order valence-corrected chi connectivity index (χ1v) is 7.69. The van der Waals surface area contributed by atoms with Crippen molar-refractivity contribution in [3.8, 4) is 0 Å². The van der Waals surface area contributed by atoms with Crippen molar-refractivity contribution in [1.29, 1.82) is 0 Å². The molecule has 2 aromatic rings. The van der Waals surface area contributed by atoms with E-state index in [-0.39, 0.29) is 12.0 Å². The van der Waals surface area contributed by atoms with E-state index in [1.54, 1.807) is 0 Å². The molecule has 0 aliphatic carbocycles. The SMILES string of the molecule is CC.COC(=O)C1CN(c2nccc3ccccc23)CCN1. The smallest absolute Gasteiger partial charge is 0.324 e. The van der Waals surface area contributed by atoms with E-state index in [1.165, 1.54) is 7.11 Å². The topological polar surface area (TPSA) is 54.5 Å². The molecule has 118 valence electrons. The molecule has 5 nitrogen and oxygen atoms in total. The van der Waals surface area contributed by atoms with E-state index in [1.807, 2.05) is 38.2 Å². The van der Waals surface area contributed by atoms with Crippen molar-refractivity contribution < 1.29 is 9.53 Å². The quantitative estimate of drug-likeness (QED) is 0.862. The highest BCUT2D eigenvalue weighted by Crippen LogP contribution is 2.24. The average Bonchev–Trinajstić information content (AvgIpc) is 2.62. The number of fused-ring (bicyclic) bond motifs is 1. The number of piperazine rings is 1. The van der Waals surface area contributed by atoms with E-state index in [0.717, 1.165) is 29.7 Å². The van der Waals surface area contributed by atoms with Crippen molar-refractivity contribution in [3.63, 3.8) is 0 Å². The molecule has 0 radical (unpaired) electrons. The van der Waals surface area contributed by atoms with Crippen LogP contribution in [0.5, 0.6) is 0 Å². The summed E-state index contributed by atoms with van der Waals surface area (Å²) in [7, 11) is 1.42.